The average Bonchev–Trinajstić information content (AvgIpc) is 2.70. The molecule has 154 valence electrons. The molecule has 1 aliphatic heterocycles. The second-order valence-electron chi connectivity index (χ2n) is 7.40. The lowest BCUT2D eigenvalue weighted by Gasteiger charge is -2.30. The number of hydrogen-bond donors (Lipinski definition) is 2. The van der Waals surface area contributed by atoms with Crippen LogP contribution in [0, 0.1) is 19.8 Å². The summed E-state index contributed by atoms with van der Waals surface area (Å²) in [6, 6.07) is 11.3. The van der Waals surface area contributed by atoms with Crippen molar-refractivity contribution in [2.45, 2.75) is 31.6 Å². The molecule has 3 rings (SSSR count). The SMILES string of the molecule is Cc1ccc(S(=O)(=O)Nc2ccc(C(=O)N3CCC(C(N)=O)CC3)cc2)cc1C. The molecule has 1 saturated heterocycles. The zero-order valence-corrected chi connectivity index (χ0v) is 17.3. The van der Waals surface area contributed by atoms with Gasteiger partial charge in [0.2, 0.25) is 5.91 Å². The van der Waals surface area contributed by atoms with Crippen molar-refractivity contribution in [3.05, 3.63) is 59.2 Å². The van der Waals surface area contributed by atoms with Crippen molar-refractivity contribution in [2.24, 2.45) is 11.7 Å². The summed E-state index contributed by atoms with van der Waals surface area (Å²) < 4.78 is 27.7. The van der Waals surface area contributed by atoms with Crippen molar-refractivity contribution in [1.29, 1.82) is 0 Å². The predicted molar refractivity (Wildman–Crippen MR) is 111 cm³/mol. The van der Waals surface area contributed by atoms with Crippen molar-refractivity contribution < 1.29 is 18.0 Å². The maximum atomic E-state index is 12.6. The topological polar surface area (TPSA) is 110 Å². The Morgan fingerprint density at radius 3 is 2.17 bits per heavy atom. The van der Waals surface area contributed by atoms with Crippen LogP contribution in [0.4, 0.5) is 5.69 Å². The van der Waals surface area contributed by atoms with Crippen LogP contribution in [-0.2, 0) is 14.8 Å². The Balaban J connectivity index is 1.67. The van der Waals surface area contributed by atoms with E-state index >= 15 is 0 Å². The fraction of sp³-hybridized carbons (Fsp3) is 0.333. The van der Waals surface area contributed by atoms with E-state index < -0.39 is 10.0 Å². The number of benzene rings is 2. The number of amides is 2. The highest BCUT2D eigenvalue weighted by Crippen LogP contribution is 2.21. The third-order valence-electron chi connectivity index (χ3n) is 5.36. The summed E-state index contributed by atoms with van der Waals surface area (Å²) in [5, 5.41) is 0. The van der Waals surface area contributed by atoms with Gasteiger partial charge in [-0.2, -0.15) is 0 Å². The number of nitrogens with two attached hydrogens (primary N) is 1. The van der Waals surface area contributed by atoms with Gasteiger partial charge in [-0.05, 0) is 74.2 Å². The number of nitrogens with one attached hydrogen (secondary N) is 1. The van der Waals surface area contributed by atoms with Gasteiger partial charge < -0.3 is 10.6 Å². The van der Waals surface area contributed by atoms with E-state index in [1.165, 1.54) is 0 Å². The van der Waals surface area contributed by atoms with Crippen LogP contribution in [0.15, 0.2) is 47.4 Å². The molecule has 3 N–H and O–H groups in total. The Hall–Kier alpha value is -2.87. The van der Waals surface area contributed by atoms with Crippen molar-refractivity contribution in [1.82, 2.24) is 4.90 Å². The second kappa shape index (κ2) is 8.24. The summed E-state index contributed by atoms with van der Waals surface area (Å²) in [5.74, 6) is -0.643. The minimum Gasteiger partial charge on any atom is -0.369 e. The van der Waals surface area contributed by atoms with Gasteiger partial charge in [-0.1, -0.05) is 6.07 Å². The van der Waals surface area contributed by atoms with Gasteiger partial charge in [0, 0.05) is 30.3 Å². The maximum absolute atomic E-state index is 12.6. The van der Waals surface area contributed by atoms with Gasteiger partial charge in [0.15, 0.2) is 0 Å². The molecule has 7 nitrogen and oxygen atoms in total. The summed E-state index contributed by atoms with van der Waals surface area (Å²) in [6.45, 7) is 4.74. The van der Waals surface area contributed by atoms with Crippen LogP contribution in [0.25, 0.3) is 0 Å². The summed E-state index contributed by atoms with van der Waals surface area (Å²) >= 11 is 0. The number of sulfonamides is 1. The molecular weight excluding hydrogens is 390 g/mol. The molecular formula is C21H25N3O4S. The number of primary amides is 1. The Morgan fingerprint density at radius 1 is 1.00 bits per heavy atom. The number of aryl methyl sites for hydroxylation is 2. The lowest BCUT2D eigenvalue weighted by atomic mass is 9.96. The lowest BCUT2D eigenvalue weighted by molar-refractivity contribution is -0.123. The first-order valence-electron chi connectivity index (χ1n) is 9.46. The predicted octanol–water partition coefficient (Wildman–Crippen LogP) is 2.44. The first kappa shape index (κ1) is 20.9. The van der Waals surface area contributed by atoms with Gasteiger partial charge in [0.1, 0.15) is 0 Å². The lowest BCUT2D eigenvalue weighted by Crippen LogP contribution is -2.41. The number of anilines is 1. The maximum Gasteiger partial charge on any atom is 0.261 e. The number of rotatable bonds is 5. The van der Waals surface area contributed by atoms with Crippen LogP contribution in [0.2, 0.25) is 0 Å². The molecule has 0 unspecified atom stereocenters. The molecule has 0 bridgehead atoms. The highest BCUT2D eigenvalue weighted by atomic mass is 32.2. The van der Waals surface area contributed by atoms with Gasteiger partial charge in [-0.3, -0.25) is 14.3 Å². The van der Waals surface area contributed by atoms with Gasteiger partial charge in [0.25, 0.3) is 15.9 Å². The van der Waals surface area contributed by atoms with Gasteiger partial charge in [-0.25, -0.2) is 8.42 Å². The van der Waals surface area contributed by atoms with Gasteiger partial charge in [0.05, 0.1) is 4.90 Å². The molecule has 29 heavy (non-hydrogen) atoms. The van der Waals surface area contributed by atoms with E-state index in [0.717, 1.165) is 11.1 Å². The number of hydrogen-bond acceptors (Lipinski definition) is 4. The van der Waals surface area contributed by atoms with E-state index in [0.29, 0.717) is 37.2 Å². The van der Waals surface area contributed by atoms with Crippen LogP contribution in [-0.4, -0.2) is 38.2 Å². The molecule has 1 heterocycles. The first-order valence-corrected chi connectivity index (χ1v) is 10.9. The van der Waals surface area contributed by atoms with E-state index in [-0.39, 0.29) is 22.6 Å². The summed E-state index contributed by atoms with van der Waals surface area (Å²) in [7, 11) is -3.71. The number of carbonyl (C=O) groups excluding carboxylic acids is 2. The molecule has 0 radical (unpaired) electrons. The Kier molecular flexibility index (Phi) is 5.93. The summed E-state index contributed by atoms with van der Waals surface area (Å²) in [6.07, 6.45) is 1.13. The molecule has 1 aliphatic rings. The number of nitrogens with zero attached hydrogens (tertiary/aromatic N) is 1. The third-order valence-corrected chi connectivity index (χ3v) is 6.74. The second-order valence-corrected chi connectivity index (χ2v) is 9.08. The molecule has 2 aromatic carbocycles. The van der Waals surface area contributed by atoms with E-state index in [2.05, 4.69) is 4.72 Å². The first-order chi connectivity index (χ1) is 13.7. The Morgan fingerprint density at radius 2 is 1.62 bits per heavy atom. The van der Waals surface area contributed by atoms with E-state index in [4.69, 9.17) is 5.73 Å². The normalized spacial score (nSPS) is 15.2. The molecule has 0 aromatic heterocycles. The number of piperidine rings is 1. The number of likely N-dealkylation sites (tertiary alicyclic amines) is 1. The van der Waals surface area contributed by atoms with Crippen LogP contribution < -0.4 is 10.5 Å². The Labute approximate surface area is 171 Å². The molecule has 2 amide bonds. The van der Waals surface area contributed by atoms with E-state index in [1.807, 2.05) is 13.8 Å². The third kappa shape index (κ3) is 4.76. The minimum atomic E-state index is -3.71. The summed E-state index contributed by atoms with van der Waals surface area (Å²) in [4.78, 5) is 25.8. The fourth-order valence-corrected chi connectivity index (χ4v) is 4.47. The molecule has 2 aromatic rings. The van der Waals surface area contributed by atoms with Crippen molar-refractivity contribution in [2.75, 3.05) is 17.8 Å². The van der Waals surface area contributed by atoms with Gasteiger partial charge >= 0.3 is 0 Å². The van der Waals surface area contributed by atoms with Crippen LogP contribution in [0.5, 0.6) is 0 Å². The van der Waals surface area contributed by atoms with E-state index in [1.54, 1.807) is 47.4 Å². The van der Waals surface area contributed by atoms with Crippen molar-refractivity contribution in [3.63, 3.8) is 0 Å². The fourth-order valence-electron chi connectivity index (χ4n) is 3.33. The van der Waals surface area contributed by atoms with Crippen molar-refractivity contribution in [3.8, 4) is 0 Å². The Bertz CT molecular complexity index is 1020. The van der Waals surface area contributed by atoms with Gasteiger partial charge in [-0.15, -0.1) is 0 Å². The van der Waals surface area contributed by atoms with Crippen LogP contribution in [0.3, 0.4) is 0 Å². The zero-order valence-electron chi connectivity index (χ0n) is 16.5. The summed E-state index contributed by atoms with van der Waals surface area (Å²) in [5.41, 5.74) is 8.09. The smallest absolute Gasteiger partial charge is 0.261 e. The zero-order chi connectivity index (χ0) is 21.2. The van der Waals surface area contributed by atoms with Crippen LogP contribution in [0.1, 0.15) is 34.3 Å². The van der Waals surface area contributed by atoms with Crippen molar-refractivity contribution >= 4 is 27.5 Å². The van der Waals surface area contributed by atoms with Crippen LogP contribution >= 0.6 is 0 Å². The monoisotopic (exact) mass is 415 g/mol. The molecule has 0 spiro atoms. The number of carbonyl (C=O) groups is 2. The van der Waals surface area contributed by atoms with E-state index in [9.17, 15) is 18.0 Å². The molecule has 8 heteroatoms. The molecule has 0 atom stereocenters. The standard InChI is InChI=1S/C21H25N3O4S/c1-14-3-8-19(13-15(14)2)29(27,28)23-18-6-4-17(5-7-18)21(26)24-11-9-16(10-12-24)20(22)25/h3-8,13,16,23H,9-12H2,1-2H3,(H2,22,25). The highest BCUT2D eigenvalue weighted by molar-refractivity contribution is 7.92. The molecule has 0 saturated carbocycles. The average molecular weight is 416 g/mol. The highest BCUT2D eigenvalue weighted by Gasteiger charge is 2.26. The largest absolute Gasteiger partial charge is 0.369 e. The minimum absolute atomic E-state index is 0.142. The quantitative estimate of drug-likeness (QED) is 0.781. The molecule has 1 fully saturated rings. The molecule has 0 aliphatic carbocycles.